The quantitative estimate of drug-likeness (QED) is 0.759. The van der Waals surface area contributed by atoms with Crippen LogP contribution in [0.5, 0.6) is 0 Å². The van der Waals surface area contributed by atoms with Crippen LogP contribution in [0.3, 0.4) is 0 Å². The van der Waals surface area contributed by atoms with Crippen LogP contribution in [0.4, 0.5) is 0 Å². The Hall–Kier alpha value is -1.14. The zero-order valence-corrected chi connectivity index (χ0v) is 9.63. The molecule has 0 aromatic heterocycles. The predicted molar refractivity (Wildman–Crippen MR) is 57.9 cm³/mol. The van der Waals surface area contributed by atoms with E-state index < -0.39 is 5.41 Å². The average Bonchev–Trinajstić information content (AvgIpc) is 2.18. The number of nitrogens with zero attached hydrogens (tertiary/aromatic N) is 1. The van der Waals surface area contributed by atoms with Gasteiger partial charge in [0.2, 0.25) is 0 Å². The summed E-state index contributed by atoms with van der Waals surface area (Å²) >= 11 is 3.37. The summed E-state index contributed by atoms with van der Waals surface area (Å²) in [6.45, 7) is 3.64. The van der Waals surface area contributed by atoms with Gasteiger partial charge in [0.05, 0.1) is 11.6 Å². The van der Waals surface area contributed by atoms with Gasteiger partial charge in [-0.1, -0.05) is 15.9 Å². The van der Waals surface area contributed by atoms with Gasteiger partial charge in [-0.25, -0.2) is 0 Å². The Labute approximate surface area is 91.7 Å². The molecule has 0 bridgehead atoms. The van der Waals surface area contributed by atoms with Gasteiger partial charge in [-0.3, -0.25) is 0 Å². The second-order valence-electron chi connectivity index (χ2n) is 3.65. The summed E-state index contributed by atoms with van der Waals surface area (Å²) in [4.78, 5) is 10.9. The normalized spacial score (nSPS) is 10.7. The minimum atomic E-state index is -0.564. The Morgan fingerprint density at radius 2 is 2.14 bits per heavy atom. The summed E-state index contributed by atoms with van der Waals surface area (Å²) in [7, 11) is 0. The van der Waals surface area contributed by atoms with Crippen LogP contribution in [-0.2, 0) is 10.2 Å². The first-order valence-corrected chi connectivity index (χ1v) is 4.97. The molecule has 0 fully saturated rings. The summed E-state index contributed by atoms with van der Waals surface area (Å²) in [5, 5.41) is 8.74. The standard InChI is InChI=1S/C11H10BrNO/c1-11(2,7-14)9-5-8(6-13)3-4-10(9)12/h3-5,7H,1-2H3. The largest absolute Gasteiger partial charge is 0.302 e. The molecule has 1 aromatic rings. The first-order chi connectivity index (χ1) is 6.51. The third kappa shape index (κ3) is 2.02. The molecule has 0 N–H and O–H groups in total. The fourth-order valence-corrected chi connectivity index (χ4v) is 1.91. The van der Waals surface area contributed by atoms with Crippen molar-refractivity contribution < 1.29 is 4.79 Å². The molecule has 0 unspecified atom stereocenters. The van der Waals surface area contributed by atoms with Crippen LogP contribution < -0.4 is 0 Å². The van der Waals surface area contributed by atoms with E-state index in [0.29, 0.717) is 5.56 Å². The minimum Gasteiger partial charge on any atom is -0.302 e. The van der Waals surface area contributed by atoms with Gasteiger partial charge in [0.1, 0.15) is 6.29 Å². The summed E-state index contributed by atoms with van der Waals surface area (Å²) in [5.41, 5.74) is 0.843. The van der Waals surface area contributed by atoms with E-state index >= 15 is 0 Å². The van der Waals surface area contributed by atoms with Crippen molar-refractivity contribution in [1.29, 1.82) is 5.26 Å². The Morgan fingerprint density at radius 1 is 1.50 bits per heavy atom. The smallest absolute Gasteiger partial charge is 0.130 e. The second kappa shape index (κ2) is 3.93. The van der Waals surface area contributed by atoms with Crippen LogP contribution in [0.1, 0.15) is 25.0 Å². The number of nitriles is 1. The van der Waals surface area contributed by atoms with Gasteiger partial charge in [-0.2, -0.15) is 5.26 Å². The lowest BCUT2D eigenvalue weighted by molar-refractivity contribution is -0.111. The molecule has 0 atom stereocenters. The molecular weight excluding hydrogens is 242 g/mol. The third-order valence-corrected chi connectivity index (χ3v) is 2.78. The van der Waals surface area contributed by atoms with E-state index in [1.807, 2.05) is 13.8 Å². The lowest BCUT2D eigenvalue weighted by Gasteiger charge is -2.19. The highest BCUT2D eigenvalue weighted by Gasteiger charge is 2.22. The van der Waals surface area contributed by atoms with Crippen LogP contribution in [0.2, 0.25) is 0 Å². The molecule has 72 valence electrons. The minimum absolute atomic E-state index is 0.564. The van der Waals surface area contributed by atoms with Crippen LogP contribution in [0.15, 0.2) is 22.7 Å². The topological polar surface area (TPSA) is 40.9 Å². The maximum atomic E-state index is 10.9. The van der Waals surface area contributed by atoms with E-state index in [2.05, 4.69) is 22.0 Å². The number of hydrogen-bond donors (Lipinski definition) is 0. The first-order valence-electron chi connectivity index (χ1n) is 4.18. The molecule has 0 radical (unpaired) electrons. The van der Waals surface area contributed by atoms with E-state index in [9.17, 15) is 4.79 Å². The molecule has 0 saturated carbocycles. The van der Waals surface area contributed by atoms with Crippen molar-refractivity contribution in [2.75, 3.05) is 0 Å². The second-order valence-corrected chi connectivity index (χ2v) is 4.50. The third-order valence-electron chi connectivity index (χ3n) is 2.08. The van der Waals surface area contributed by atoms with Gasteiger partial charge in [0.15, 0.2) is 0 Å². The van der Waals surface area contributed by atoms with Gasteiger partial charge in [0, 0.05) is 9.89 Å². The molecule has 3 heteroatoms. The van der Waals surface area contributed by atoms with Crippen LogP contribution in [0, 0.1) is 11.3 Å². The molecule has 14 heavy (non-hydrogen) atoms. The highest BCUT2D eigenvalue weighted by Crippen LogP contribution is 2.29. The van der Waals surface area contributed by atoms with E-state index in [-0.39, 0.29) is 0 Å². The Kier molecular flexibility index (Phi) is 3.07. The molecule has 1 aromatic carbocycles. The maximum Gasteiger partial charge on any atom is 0.130 e. The molecule has 0 amide bonds. The molecule has 0 spiro atoms. The fraction of sp³-hybridized carbons (Fsp3) is 0.273. The van der Waals surface area contributed by atoms with Gasteiger partial charge in [-0.15, -0.1) is 0 Å². The van der Waals surface area contributed by atoms with Crippen LogP contribution >= 0.6 is 15.9 Å². The number of aldehydes is 1. The Morgan fingerprint density at radius 3 is 2.64 bits per heavy atom. The van der Waals surface area contributed by atoms with Crippen molar-refractivity contribution >= 4 is 22.2 Å². The number of hydrogen-bond acceptors (Lipinski definition) is 2. The molecule has 2 nitrogen and oxygen atoms in total. The SMILES string of the molecule is CC(C)(C=O)c1cc(C#N)ccc1Br. The van der Waals surface area contributed by atoms with Crippen LogP contribution in [-0.4, -0.2) is 6.29 Å². The lowest BCUT2D eigenvalue weighted by Crippen LogP contribution is -2.19. The number of carbonyl (C=O) groups excluding carboxylic acids is 1. The summed E-state index contributed by atoms with van der Waals surface area (Å²) < 4.78 is 0.855. The molecule has 0 heterocycles. The van der Waals surface area contributed by atoms with E-state index in [1.165, 1.54) is 0 Å². The highest BCUT2D eigenvalue weighted by molar-refractivity contribution is 9.10. The predicted octanol–water partition coefficient (Wildman–Crippen LogP) is 2.80. The zero-order chi connectivity index (χ0) is 10.8. The van der Waals surface area contributed by atoms with Gasteiger partial charge in [-0.05, 0) is 37.6 Å². The summed E-state index contributed by atoms with van der Waals surface area (Å²) in [5.74, 6) is 0. The molecule has 0 aliphatic rings. The van der Waals surface area contributed by atoms with Gasteiger partial charge < -0.3 is 4.79 Å². The number of rotatable bonds is 2. The van der Waals surface area contributed by atoms with Crippen molar-refractivity contribution in [3.63, 3.8) is 0 Å². The van der Waals surface area contributed by atoms with Crippen molar-refractivity contribution in [1.82, 2.24) is 0 Å². The lowest BCUT2D eigenvalue weighted by atomic mass is 9.86. The van der Waals surface area contributed by atoms with Crippen molar-refractivity contribution in [2.45, 2.75) is 19.3 Å². The maximum absolute atomic E-state index is 10.9. The van der Waals surface area contributed by atoms with E-state index in [0.717, 1.165) is 16.3 Å². The molecule has 0 aliphatic heterocycles. The first kappa shape index (κ1) is 10.9. The van der Waals surface area contributed by atoms with Crippen molar-refractivity contribution in [2.24, 2.45) is 0 Å². The van der Waals surface area contributed by atoms with Crippen LogP contribution in [0.25, 0.3) is 0 Å². The Balaban J connectivity index is 3.34. The van der Waals surface area contributed by atoms with E-state index in [1.54, 1.807) is 18.2 Å². The molecular formula is C11H10BrNO. The van der Waals surface area contributed by atoms with Crippen molar-refractivity contribution in [3.8, 4) is 6.07 Å². The molecule has 1 rings (SSSR count). The highest BCUT2D eigenvalue weighted by atomic mass is 79.9. The molecule has 0 aliphatic carbocycles. The van der Waals surface area contributed by atoms with Gasteiger partial charge in [0.25, 0.3) is 0 Å². The Bertz CT molecular complexity index is 404. The number of halogens is 1. The summed E-state index contributed by atoms with van der Waals surface area (Å²) in [6.07, 6.45) is 0.883. The van der Waals surface area contributed by atoms with Crippen molar-refractivity contribution in [3.05, 3.63) is 33.8 Å². The van der Waals surface area contributed by atoms with Gasteiger partial charge >= 0.3 is 0 Å². The molecule has 0 saturated heterocycles. The monoisotopic (exact) mass is 251 g/mol. The summed E-state index contributed by atoms with van der Waals surface area (Å²) in [6, 6.07) is 7.30. The van der Waals surface area contributed by atoms with E-state index in [4.69, 9.17) is 5.26 Å². The fourth-order valence-electron chi connectivity index (χ4n) is 1.15. The zero-order valence-electron chi connectivity index (χ0n) is 8.04. The number of benzene rings is 1. The average molecular weight is 252 g/mol. The number of carbonyl (C=O) groups is 1.